The third-order valence-electron chi connectivity index (χ3n) is 4.98. The van der Waals surface area contributed by atoms with Crippen molar-refractivity contribution in [2.75, 3.05) is 0 Å². The number of halogens is 1. The Kier molecular flexibility index (Phi) is 7.89. The summed E-state index contributed by atoms with van der Waals surface area (Å²) < 4.78 is 11.7. The van der Waals surface area contributed by atoms with E-state index in [1.54, 1.807) is 48.8 Å². The van der Waals surface area contributed by atoms with E-state index in [1.165, 1.54) is 0 Å². The molecular formula is C27H21ClN4O3. The van der Waals surface area contributed by atoms with E-state index < -0.39 is 0 Å². The number of rotatable bonds is 9. The molecular weight excluding hydrogens is 464 g/mol. The number of ether oxygens (including phenoxy) is 2. The van der Waals surface area contributed by atoms with Crippen LogP contribution in [0.2, 0.25) is 5.02 Å². The zero-order valence-corrected chi connectivity index (χ0v) is 19.4. The highest BCUT2D eigenvalue weighted by molar-refractivity contribution is 6.31. The molecule has 0 saturated carbocycles. The first-order chi connectivity index (χ1) is 17.1. The average molecular weight is 485 g/mol. The van der Waals surface area contributed by atoms with Gasteiger partial charge < -0.3 is 14.8 Å². The van der Waals surface area contributed by atoms with Crippen molar-refractivity contribution in [3.63, 3.8) is 0 Å². The highest BCUT2D eigenvalue weighted by Gasteiger charge is 2.12. The lowest BCUT2D eigenvalue weighted by Crippen LogP contribution is -2.23. The molecule has 2 heterocycles. The summed E-state index contributed by atoms with van der Waals surface area (Å²) >= 11 is 6.22. The van der Waals surface area contributed by atoms with Crippen molar-refractivity contribution in [1.82, 2.24) is 15.3 Å². The van der Waals surface area contributed by atoms with Gasteiger partial charge in [0.25, 0.3) is 5.91 Å². The maximum atomic E-state index is 12.9. The topological polar surface area (TPSA) is 97.1 Å². The van der Waals surface area contributed by atoms with Gasteiger partial charge in [0, 0.05) is 35.1 Å². The van der Waals surface area contributed by atoms with E-state index in [0.29, 0.717) is 27.6 Å². The van der Waals surface area contributed by atoms with Crippen LogP contribution in [0.25, 0.3) is 0 Å². The van der Waals surface area contributed by atoms with Crippen molar-refractivity contribution in [1.29, 1.82) is 5.26 Å². The van der Waals surface area contributed by atoms with E-state index in [2.05, 4.69) is 21.4 Å². The number of nitriles is 1. The van der Waals surface area contributed by atoms with Crippen molar-refractivity contribution in [2.45, 2.75) is 19.8 Å². The van der Waals surface area contributed by atoms with E-state index in [1.807, 2.05) is 36.4 Å². The first kappa shape index (κ1) is 23.7. The molecule has 0 radical (unpaired) electrons. The Hall–Kier alpha value is -4.41. The molecule has 0 saturated heterocycles. The summed E-state index contributed by atoms with van der Waals surface area (Å²) in [5.41, 5.74) is 3.06. The minimum Gasteiger partial charge on any atom is -0.487 e. The summed E-state index contributed by atoms with van der Waals surface area (Å²) in [6, 6.07) is 23.1. The number of nitrogens with one attached hydrogen (secondary N) is 1. The van der Waals surface area contributed by atoms with Gasteiger partial charge in [-0.25, -0.2) is 0 Å². The van der Waals surface area contributed by atoms with Crippen molar-refractivity contribution >= 4 is 17.5 Å². The summed E-state index contributed by atoms with van der Waals surface area (Å²) in [5, 5.41) is 12.5. The fourth-order valence-corrected chi connectivity index (χ4v) is 3.46. The molecule has 0 bridgehead atoms. The van der Waals surface area contributed by atoms with Crippen LogP contribution < -0.4 is 14.8 Å². The van der Waals surface area contributed by atoms with Gasteiger partial charge in [-0.1, -0.05) is 29.8 Å². The summed E-state index contributed by atoms with van der Waals surface area (Å²) in [4.78, 5) is 21.3. The van der Waals surface area contributed by atoms with Gasteiger partial charge in [0.05, 0.1) is 23.0 Å². The van der Waals surface area contributed by atoms with E-state index in [4.69, 9.17) is 21.1 Å². The molecule has 35 heavy (non-hydrogen) atoms. The number of hydrogen-bond acceptors (Lipinski definition) is 6. The van der Waals surface area contributed by atoms with Gasteiger partial charge in [-0.3, -0.25) is 14.8 Å². The van der Waals surface area contributed by atoms with Crippen LogP contribution >= 0.6 is 11.6 Å². The Labute approximate surface area is 208 Å². The molecule has 4 rings (SSSR count). The Morgan fingerprint density at radius 1 is 0.914 bits per heavy atom. The normalized spacial score (nSPS) is 10.3. The standard InChI is InChI=1S/C27H21ClN4O3/c28-22-12-21(13-25(14-22)34-17-23-5-1-3-9-30-23)27(33)32-16-20-8-7-19(15-29)11-26(20)35-18-24-6-2-4-10-31-24/h1-14H,16-18H2,(H,32,33). The summed E-state index contributed by atoms with van der Waals surface area (Å²) in [5.74, 6) is 0.641. The molecule has 0 unspecified atom stereocenters. The molecule has 8 heteroatoms. The monoisotopic (exact) mass is 484 g/mol. The van der Waals surface area contributed by atoms with Crippen LogP contribution in [0.15, 0.2) is 85.2 Å². The fraction of sp³-hybridized carbons (Fsp3) is 0.111. The Morgan fingerprint density at radius 2 is 1.63 bits per heavy atom. The van der Waals surface area contributed by atoms with Crippen molar-refractivity contribution in [3.05, 3.63) is 118 Å². The number of benzene rings is 2. The number of aromatic nitrogens is 2. The zero-order valence-electron chi connectivity index (χ0n) is 18.6. The van der Waals surface area contributed by atoms with E-state index in [-0.39, 0.29) is 25.7 Å². The summed E-state index contributed by atoms with van der Waals surface area (Å²) in [6.45, 7) is 0.686. The predicted octanol–water partition coefficient (Wildman–Crippen LogP) is 5.09. The Balaban J connectivity index is 1.43. The minimum atomic E-state index is -0.324. The summed E-state index contributed by atoms with van der Waals surface area (Å²) in [6.07, 6.45) is 3.37. The van der Waals surface area contributed by atoms with Crippen molar-refractivity contribution < 1.29 is 14.3 Å². The second kappa shape index (κ2) is 11.6. The number of hydrogen-bond donors (Lipinski definition) is 1. The van der Waals surface area contributed by atoms with Gasteiger partial charge in [-0.15, -0.1) is 0 Å². The molecule has 0 atom stereocenters. The number of amides is 1. The Morgan fingerprint density at radius 3 is 2.29 bits per heavy atom. The molecule has 2 aromatic heterocycles. The quantitative estimate of drug-likeness (QED) is 0.355. The Bertz CT molecular complexity index is 1340. The van der Waals surface area contributed by atoms with Crippen LogP contribution in [-0.4, -0.2) is 15.9 Å². The molecule has 0 aliphatic heterocycles. The number of pyridine rings is 2. The van der Waals surface area contributed by atoms with Crippen LogP contribution in [0.5, 0.6) is 11.5 Å². The lowest BCUT2D eigenvalue weighted by molar-refractivity contribution is 0.0950. The summed E-state index contributed by atoms with van der Waals surface area (Å²) in [7, 11) is 0. The molecule has 174 valence electrons. The smallest absolute Gasteiger partial charge is 0.251 e. The lowest BCUT2D eigenvalue weighted by Gasteiger charge is -2.13. The van der Waals surface area contributed by atoms with Gasteiger partial charge in [0.15, 0.2) is 0 Å². The third kappa shape index (κ3) is 6.79. The molecule has 1 amide bonds. The molecule has 0 spiro atoms. The van der Waals surface area contributed by atoms with Gasteiger partial charge in [0.1, 0.15) is 24.7 Å². The fourth-order valence-electron chi connectivity index (χ4n) is 3.24. The van der Waals surface area contributed by atoms with E-state index in [0.717, 1.165) is 17.0 Å². The van der Waals surface area contributed by atoms with Crippen LogP contribution in [-0.2, 0) is 19.8 Å². The van der Waals surface area contributed by atoms with Gasteiger partial charge in [0.2, 0.25) is 0 Å². The van der Waals surface area contributed by atoms with Crippen LogP contribution in [0.4, 0.5) is 0 Å². The molecule has 7 nitrogen and oxygen atoms in total. The van der Waals surface area contributed by atoms with Gasteiger partial charge >= 0.3 is 0 Å². The van der Waals surface area contributed by atoms with E-state index >= 15 is 0 Å². The molecule has 4 aromatic rings. The van der Waals surface area contributed by atoms with E-state index in [9.17, 15) is 10.1 Å². The average Bonchev–Trinajstić information content (AvgIpc) is 2.90. The first-order valence-corrected chi connectivity index (χ1v) is 11.2. The molecule has 1 N–H and O–H groups in total. The second-order valence-corrected chi connectivity index (χ2v) is 7.95. The van der Waals surface area contributed by atoms with Crippen molar-refractivity contribution in [2.24, 2.45) is 0 Å². The molecule has 0 fully saturated rings. The number of nitrogens with zero attached hydrogens (tertiary/aromatic N) is 3. The van der Waals surface area contributed by atoms with Crippen molar-refractivity contribution in [3.8, 4) is 17.6 Å². The molecule has 0 aliphatic rings. The maximum absolute atomic E-state index is 12.9. The second-order valence-electron chi connectivity index (χ2n) is 7.51. The number of carbonyl (C=O) groups excluding carboxylic acids is 1. The van der Waals surface area contributed by atoms with Gasteiger partial charge in [-0.05, 0) is 54.6 Å². The highest BCUT2D eigenvalue weighted by Crippen LogP contribution is 2.24. The third-order valence-corrected chi connectivity index (χ3v) is 5.20. The highest BCUT2D eigenvalue weighted by atomic mass is 35.5. The van der Waals surface area contributed by atoms with Crippen LogP contribution in [0, 0.1) is 11.3 Å². The lowest BCUT2D eigenvalue weighted by atomic mass is 10.1. The minimum absolute atomic E-state index is 0.193. The van der Waals surface area contributed by atoms with Crippen LogP contribution in [0.3, 0.4) is 0 Å². The maximum Gasteiger partial charge on any atom is 0.251 e. The first-order valence-electron chi connectivity index (χ1n) is 10.8. The SMILES string of the molecule is N#Cc1ccc(CNC(=O)c2cc(Cl)cc(OCc3ccccn3)c2)c(OCc2ccccn2)c1. The number of carbonyl (C=O) groups is 1. The van der Waals surface area contributed by atoms with Crippen LogP contribution in [0.1, 0.15) is 32.9 Å². The molecule has 0 aliphatic carbocycles. The molecule has 2 aromatic carbocycles. The van der Waals surface area contributed by atoms with Gasteiger partial charge in [-0.2, -0.15) is 5.26 Å². The zero-order chi connectivity index (χ0) is 24.5. The largest absolute Gasteiger partial charge is 0.487 e. The predicted molar refractivity (Wildman–Crippen MR) is 131 cm³/mol.